The summed E-state index contributed by atoms with van der Waals surface area (Å²) in [5, 5.41) is 0. The van der Waals surface area contributed by atoms with E-state index in [0.29, 0.717) is 0 Å². The van der Waals surface area contributed by atoms with Crippen LogP contribution in [0.15, 0.2) is 0 Å². The van der Waals surface area contributed by atoms with Crippen LogP contribution in [0.4, 0.5) is 0 Å². The van der Waals surface area contributed by atoms with E-state index in [4.69, 9.17) is 14.7 Å². The van der Waals surface area contributed by atoms with Crippen LogP contribution in [-0.2, 0) is 0 Å². The normalized spacial score (nSPS) is 3.27. The van der Waals surface area contributed by atoms with Gasteiger partial charge >= 0.3 is 67.7 Å². The fourth-order valence-electron chi connectivity index (χ4n) is 0. The van der Waals surface area contributed by atoms with Gasteiger partial charge in [0.2, 0.25) is 0 Å². The Labute approximate surface area is 109 Å². The van der Waals surface area contributed by atoms with E-state index in [1.807, 2.05) is 0 Å². The molecule has 8 nitrogen and oxygen atoms in total. The van der Waals surface area contributed by atoms with Crippen molar-refractivity contribution in [3.8, 4) is 0 Å². The SMILES string of the molecule is O.O.O.O.O.OP(O)O.[NaH].[NaH]. The Balaban J connectivity index is -0.00000000214. The molecule has 0 radical (unpaired) electrons. The van der Waals surface area contributed by atoms with E-state index in [1.54, 1.807) is 0 Å². The van der Waals surface area contributed by atoms with Crippen molar-refractivity contribution in [1.82, 2.24) is 0 Å². The van der Waals surface area contributed by atoms with Crippen LogP contribution in [0.25, 0.3) is 0 Å². The van der Waals surface area contributed by atoms with Gasteiger partial charge in [-0.25, -0.2) is 0 Å². The predicted octanol–water partition coefficient (Wildman–Crippen LogP) is -6.23. The number of rotatable bonds is 0. The second kappa shape index (κ2) is 57.2. The molecule has 13 N–H and O–H groups in total. The van der Waals surface area contributed by atoms with Gasteiger partial charge in [-0.1, -0.05) is 0 Å². The molecule has 0 aliphatic carbocycles. The fourth-order valence-corrected chi connectivity index (χ4v) is 0. The van der Waals surface area contributed by atoms with Gasteiger partial charge in [-0.2, -0.15) is 0 Å². The maximum absolute atomic E-state index is 7.23. The molecular weight excluding hydrogens is 205 g/mol. The summed E-state index contributed by atoms with van der Waals surface area (Å²) in [6.07, 6.45) is 0. The Hall–Kier alpha value is 2.11. The molecule has 0 aromatic heterocycles. The standard InChI is InChI=1S/2Na.H3O3P.5H2O.2H/c;;1-4(2)3;;;;;;;/h;;1-3H;5*1H2;;. The van der Waals surface area contributed by atoms with Crippen molar-refractivity contribution in [3.63, 3.8) is 0 Å². The van der Waals surface area contributed by atoms with Crippen molar-refractivity contribution < 1.29 is 42.1 Å². The Kier molecular flexibility index (Phi) is 383. The third kappa shape index (κ3) is 278. The van der Waals surface area contributed by atoms with E-state index in [2.05, 4.69) is 0 Å². The first-order valence-electron chi connectivity index (χ1n) is 0.600. The van der Waals surface area contributed by atoms with Gasteiger partial charge in [0.05, 0.1) is 0 Å². The van der Waals surface area contributed by atoms with Gasteiger partial charge in [0.1, 0.15) is 0 Å². The van der Waals surface area contributed by atoms with Crippen LogP contribution in [0, 0.1) is 0 Å². The molecule has 11 heavy (non-hydrogen) atoms. The topological polar surface area (TPSA) is 218 Å². The van der Waals surface area contributed by atoms with Crippen LogP contribution in [0.3, 0.4) is 0 Å². The summed E-state index contributed by atoms with van der Waals surface area (Å²) in [5.41, 5.74) is 0. The molecule has 0 atom stereocenters. The molecule has 0 spiro atoms. The van der Waals surface area contributed by atoms with Crippen molar-refractivity contribution in [2.45, 2.75) is 0 Å². The molecule has 11 heteroatoms. The van der Waals surface area contributed by atoms with Crippen molar-refractivity contribution in [1.29, 1.82) is 0 Å². The van der Waals surface area contributed by atoms with E-state index >= 15 is 0 Å². The van der Waals surface area contributed by atoms with Gasteiger partial charge in [-0.05, 0) is 0 Å². The summed E-state index contributed by atoms with van der Waals surface area (Å²) in [7, 11) is -2.62. The average Bonchev–Trinajstić information content (AvgIpc) is 0.811. The Bertz CT molecular complexity index is 16.8. The zero-order chi connectivity index (χ0) is 3.58. The average molecular weight is 220 g/mol. The molecular formula is H15Na2O8P. The fraction of sp³-hybridized carbons (Fsp3) is 0. The summed E-state index contributed by atoms with van der Waals surface area (Å²) < 4.78 is 0. The summed E-state index contributed by atoms with van der Waals surface area (Å²) in [4.78, 5) is 21.7. The second-order valence-electron chi connectivity index (χ2n) is 0.268. The Morgan fingerprint density at radius 2 is 0.545 bits per heavy atom. The van der Waals surface area contributed by atoms with E-state index in [1.165, 1.54) is 0 Å². The molecule has 0 saturated carbocycles. The van der Waals surface area contributed by atoms with Crippen LogP contribution >= 0.6 is 8.60 Å². The van der Waals surface area contributed by atoms with E-state index < -0.39 is 8.60 Å². The van der Waals surface area contributed by atoms with Crippen molar-refractivity contribution in [2.75, 3.05) is 0 Å². The number of hydrogen-bond acceptors (Lipinski definition) is 3. The molecule has 0 heterocycles. The van der Waals surface area contributed by atoms with E-state index in [-0.39, 0.29) is 86.5 Å². The van der Waals surface area contributed by atoms with Gasteiger partial charge in [0.15, 0.2) is 0 Å². The molecule has 0 aromatic rings. The van der Waals surface area contributed by atoms with Crippen LogP contribution < -0.4 is 0 Å². The first-order chi connectivity index (χ1) is 1.73. The Morgan fingerprint density at radius 1 is 0.545 bits per heavy atom. The van der Waals surface area contributed by atoms with Crippen LogP contribution in [0.5, 0.6) is 0 Å². The Morgan fingerprint density at radius 3 is 0.545 bits per heavy atom. The second-order valence-corrected chi connectivity index (χ2v) is 0.805. The van der Waals surface area contributed by atoms with Gasteiger partial charge < -0.3 is 42.1 Å². The quantitative estimate of drug-likeness (QED) is 0.268. The van der Waals surface area contributed by atoms with Crippen molar-refractivity contribution >= 4 is 67.7 Å². The van der Waals surface area contributed by atoms with Gasteiger partial charge in [-0.15, -0.1) is 0 Å². The minimum atomic E-state index is -2.62. The first-order valence-corrected chi connectivity index (χ1v) is 1.80. The molecule has 0 aromatic carbocycles. The maximum atomic E-state index is 7.23. The zero-order valence-corrected chi connectivity index (χ0v) is 5.18. The molecule has 0 amide bonds. The van der Waals surface area contributed by atoms with E-state index in [0.717, 1.165) is 0 Å². The zero-order valence-electron chi connectivity index (χ0n) is 4.29. The molecule has 0 aliphatic heterocycles. The molecule has 0 saturated heterocycles. The van der Waals surface area contributed by atoms with Gasteiger partial charge in [0, 0.05) is 0 Å². The van der Waals surface area contributed by atoms with Crippen molar-refractivity contribution in [2.24, 2.45) is 0 Å². The molecule has 0 fully saturated rings. The van der Waals surface area contributed by atoms with E-state index in [9.17, 15) is 0 Å². The summed E-state index contributed by atoms with van der Waals surface area (Å²) >= 11 is 0. The summed E-state index contributed by atoms with van der Waals surface area (Å²) in [6.45, 7) is 0. The van der Waals surface area contributed by atoms with Gasteiger partial charge in [-0.3, -0.25) is 0 Å². The molecule has 0 rings (SSSR count). The molecule has 0 aliphatic rings. The monoisotopic (exact) mass is 220 g/mol. The molecule has 70 valence electrons. The van der Waals surface area contributed by atoms with Crippen LogP contribution in [0.2, 0.25) is 0 Å². The van der Waals surface area contributed by atoms with Gasteiger partial charge in [0.25, 0.3) is 0 Å². The molecule has 0 unspecified atom stereocenters. The number of hydrogen-bond donors (Lipinski definition) is 3. The van der Waals surface area contributed by atoms with Crippen LogP contribution in [0.1, 0.15) is 0 Å². The van der Waals surface area contributed by atoms with Crippen molar-refractivity contribution in [3.05, 3.63) is 0 Å². The molecule has 0 bridgehead atoms. The summed E-state index contributed by atoms with van der Waals surface area (Å²) in [6, 6.07) is 0. The summed E-state index contributed by atoms with van der Waals surface area (Å²) in [5.74, 6) is 0. The minimum absolute atomic E-state index is 0. The third-order valence-electron chi connectivity index (χ3n) is 0. The first kappa shape index (κ1) is 73.6. The third-order valence-corrected chi connectivity index (χ3v) is 0. The predicted molar refractivity (Wildman–Crippen MR) is 45.9 cm³/mol. The van der Waals surface area contributed by atoms with Crippen LogP contribution in [-0.4, -0.2) is 101 Å².